The average molecular weight is 178 g/mol. The quantitative estimate of drug-likeness (QED) is 0.487. The van der Waals surface area contributed by atoms with E-state index < -0.39 is 0 Å². The van der Waals surface area contributed by atoms with E-state index >= 15 is 0 Å². The minimum absolute atomic E-state index is 0.146. The molecule has 50 valence electrons. The first kappa shape index (κ1) is 7.57. The Morgan fingerprint density at radius 3 is 2.56 bits per heavy atom. The second kappa shape index (κ2) is 3.58. The molecule has 0 bridgehead atoms. The van der Waals surface area contributed by atoms with E-state index in [1.807, 2.05) is 0 Å². The van der Waals surface area contributed by atoms with Crippen LogP contribution >= 0.6 is 36.2 Å². The van der Waals surface area contributed by atoms with E-state index in [1.54, 1.807) is 29.6 Å². The molecule has 0 aromatic rings. The van der Waals surface area contributed by atoms with Gasteiger partial charge in [-0.25, -0.2) is 0 Å². The summed E-state index contributed by atoms with van der Waals surface area (Å²) in [6, 6.07) is 0. The van der Waals surface area contributed by atoms with Crippen LogP contribution in [-0.2, 0) is 4.79 Å². The molecule has 9 heavy (non-hydrogen) atoms. The van der Waals surface area contributed by atoms with Crippen molar-refractivity contribution in [3.63, 3.8) is 0 Å². The Labute approximate surface area is 68.1 Å². The maximum atomic E-state index is 10.4. The lowest BCUT2D eigenvalue weighted by atomic mass is 10.7. The Hall–Kier alpha value is 0.460. The third-order valence-electron chi connectivity index (χ3n) is 0.813. The molecule has 1 aliphatic rings. The highest BCUT2D eigenvalue weighted by atomic mass is 32.2. The lowest BCUT2D eigenvalue weighted by Gasteiger charge is -1.86. The van der Waals surface area contributed by atoms with E-state index in [0.717, 1.165) is 15.7 Å². The molecule has 1 rings (SSSR count). The van der Waals surface area contributed by atoms with Gasteiger partial charge in [0.05, 0.1) is 0 Å². The predicted octanol–water partition coefficient (Wildman–Crippen LogP) is 1.76. The van der Waals surface area contributed by atoms with Crippen LogP contribution in [0.2, 0.25) is 0 Å². The Morgan fingerprint density at radius 1 is 1.56 bits per heavy atom. The van der Waals surface area contributed by atoms with Gasteiger partial charge in [0.25, 0.3) is 0 Å². The first-order valence-corrected chi connectivity index (χ1v) is 4.91. The van der Waals surface area contributed by atoms with Gasteiger partial charge in [-0.2, -0.15) is 0 Å². The molecule has 0 radical (unpaired) electrons. The first-order chi connectivity index (χ1) is 4.29. The summed E-state index contributed by atoms with van der Waals surface area (Å²) in [5.74, 6) is 2.25. The van der Waals surface area contributed by atoms with Crippen LogP contribution in [0, 0.1) is 0 Å². The van der Waals surface area contributed by atoms with Crippen molar-refractivity contribution in [2.45, 2.75) is 0 Å². The molecule has 1 saturated heterocycles. The summed E-state index contributed by atoms with van der Waals surface area (Å²) >= 11 is 7.08. The van der Waals surface area contributed by atoms with Gasteiger partial charge in [0.2, 0.25) is 5.12 Å². The third kappa shape index (κ3) is 2.69. The van der Waals surface area contributed by atoms with E-state index in [0.29, 0.717) is 0 Å². The van der Waals surface area contributed by atoms with Gasteiger partial charge >= 0.3 is 0 Å². The Kier molecular flexibility index (Phi) is 3.01. The molecule has 1 fully saturated rings. The monoisotopic (exact) mass is 178 g/mol. The summed E-state index contributed by atoms with van der Waals surface area (Å²) in [6.45, 7) is 0. The molecule has 0 spiro atoms. The predicted molar refractivity (Wildman–Crippen MR) is 47.0 cm³/mol. The SMILES string of the molecule is O=C(S)C=C1SCCS1. The summed E-state index contributed by atoms with van der Waals surface area (Å²) in [6.07, 6.45) is 1.57. The van der Waals surface area contributed by atoms with Crippen LogP contribution in [0.1, 0.15) is 0 Å². The van der Waals surface area contributed by atoms with E-state index in [1.165, 1.54) is 0 Å². The van der Waals surface area contributed by atoms with E-state index in [9.17, 15) is 4.79 Å². The summed E-state index contributed by atoms with van der Waals surface area (Å²) in [7, 11) is 0. The van der Waals surface area contributed by atoms with Crippen molar-refractivity contribution in [2.75, 3.05) is 11.5 Å². The molecule has 0 aromatic carbocycles. The van der Waals surface area contributed by atoms with Crippen LogP contribution in [0.25, 0.3) is 0 Å². The highest BCUT2D eigenvalue weighted by Crippen LogP contribution is 2.35. The van der Waals surface area contributed by atoms with Crippen molar-refractivity contribution in [1.82, 2.24) is 0 Å². The van der Waals surface area contributed by atoms with Gasteiger partial charge in [0, 0.05) is 21.8 Å². The molecule has 0 aliphatic carbocycles. The standard InChI is InChI=1S/C5H6OS3/c6-4(7)3-5-8-1-2-9-5/h3H,1-2H2,(H,6,7). The highest BCUT2D eigenvalue weighted by molar-refractivity contribution is 8.25. The number of rotatable bonds is 1. The van der Waals surface area contributed by atoms with Crippen molar-refractivity contribution in [3.05, 3.63) is 10.3 Å². The molecular formula is C5H6OS3. The van der Waals surface area contributed by atoms with E-state index in [-0.39, 0.29) is 5.12 Å². The zero-order chi connectivity index (χ0) is 6.69. The molecule has 0 saturated carbocycles. The van der Waals surface area contributed by atoms with Crippen LogP contribution < -0.4 is 0 Å². The molecule has 0 amide bonds. The molecule has 0 N–H and O–H groups in total. The van der Waals surface area contributed by atoms with Crippen molar-refractivity contribution in [3.8, 4) is 0 Å². The van der Waals surface area contributed by atoms with Crippen molar-refractivity contribution < 1.29 is 4.79 Å². The minimum Gasteiger partial charge on any atom is -0.282 e. The summed E-state index contributed by atoms with van der Waals surface area (Å²) in [5, 5.41) is -0.146. The smallest absolute Gasteiger partial charge is 0.210 e. The second-order valence-electron chi connectivity index (χ2n) is 1.50. The molecule has 4 heteroatoms. The minimum atomic E-state index is -0.146. The van der Waals surface area contributed by atoms with Crippen LogP contribution in [0.5, 0.6) is 0 Å². The zero-order valence-electron chi connectivity index (χ0n) is 4.66. The van der Waals surface area contributed by atoms with Crippen molar-refractivity contribution in [1.29, 1.82) is 0 Å². The maximum Gasteiger partial charge on any atom is 0.210 e. The molecular weight excluding hydrogens is 172 g/mol. The summed E-state index contributed by atoms with van der Waals surface area (Å²) < 4.78 is 1.11. The third-order valence-corrected chi connectivity index (χ3v) is 3.53. The van der Waals surface area contributed by atoms with Crippen LogP contribution in [0.15, 0.2) is 10.3 Å². The first-order valence-electron chi connectivity index (χ1n) is 2.49. The lowest BCUT2D eigenvalue weighted by Crippen LogP contribution is -1.75. The fourth-order valence-electron chi connectivity index (χ4n) is 0.510. The van der Waals surface area contributed by atoms with Crippen molar-refractivity contribution in [2.24, 2.45) is 0 Å². The van der Waals surface area contributed by atoms with Gasteiger partial charge < -0.3 is 0 Å². The summed E-state index contributed by atoms with van der Waals surface area (Å²) in [5.41, 5.74) is 0. The molecule has 1 nitrogen and oxygen atoms in total. The zero-order valence-corrected chi connectivity index (χ0v) is 7.19. The van der Waals surface area contributed by atoms with E-state index in [4.69, 9.17) is 0 Å². The van der Waals surface area contributed by atoms with Gasteiger partial charge in [-0.05, 0) is 0 Å². The lowest BCUT2D eigenvalue weighted by molar-refractivity contribution is -0.106. The number of thiol groups is 1. The number of hydrogen-bond donors (Lipinski definition) is 1. The van der Waals surface area contributed by atoms with Gasteiger partial charge in [0.1, 0.15) is 0 Å². The van der Waals surface area contributed by atoms with Gasteiger partial charge in [-0.15, -0.1) is 36.2 Å². The fourth-order valence-corrected chi connectivity index (χ4v) is 3.10. The van der Waals surface area contributed by atoms with Crippen LogP contribution in [0.3, 0.4) is 0 Å². The molecule has 1 aliphatic heterocycles. The number of hydrogen-bond acceptors (Lipinski definition) is 3. The van der Waals surface area contributed by atoms with Gasteiger partial charge in [-0.3, -0.25) is 4.79 Å². The average Bonchev–Trinajstić information content (AvgIpc) is 2.15. The maximum absolute atomic E-state index is 10.4. The number of thioether (sulfide) groups is 2. The molecule has 1 heterocycles. The Morgan fingerprint density at radius 2 is 2.11 bits per heavy atom. The summed E-state index contributed by atoms with van der Waals surface area (Å²) in [4.78, 5) is 10.4. The normalized spacial score (nSPS) is 18.1. The largest absolute Gasteiger partial charge is 0.282 e. The topological polar surface area (TPSA) is 17.1 Å². The van der Waals surface area contributed by atoms with Gasteiger partial charge in [-0.1, -0.05) is 0 Å². The second-order valence-corrected chi connectivity index (χ2v) is 4.47. The highest BCUT2D eigenvalue weighted by Gasteiger charge is 2.07. The number of carbonyl (C=O) groups is 1. The van der Waals surface area contributed by atoms with Crippen LogP contribution in [0.4, 0.5) is 0 Å². The van der Waals surface area contributed by atoms with Gasteiger partial charge in [0.15, 0.2) is 0 Å². The molecule has 0 aromatic heterocycles. The fraction of sp³-hybridized carbons (Fsp3) is 0.400. The van der Waals surface area contributed by atoms with Crippen molar-refractivity contribution >= 4 is 41.3 Å². The molecule has 0 unspecified atom stereocenters. The number of carbonyl (C=O) groups excluding carboxylic acids is 1. The van der Waals surface area contributed by atoms with E-state index in [2.05, 4.69) is 12.6 Å². The Bertz CT molecular complexity index is 144. The van der Waals surface area contributed by atoms with Crippen LogP contribution in [-0.4, -0.2) is 16.6 Å². The Balaban J connectivity index is 2.49. The molecule has 0 atom stereocenters.